The van der Waals surface area contributed by atoms with Crippen molar-refractivity contribution >= 4 is 5.69 Å². The average Bonchev–Trinajstić information content (AvgIpc) is 2.16. The van der Waals surface area contributed by atoms with Crippen molar-refractivity contribution in [1.82, 2.24) is 4.98 Å². The summed E-state index contributed by atoms with van der Waals surface area (Å²) in [7, 11) is 1.27. The Hall–Kier alpha value is -1.43. The maximum Gasteiger partial charge on any atom is 0.280 e. The van der Waals surface area contributed by atoms with Crippen molar-refractivity contribution in [3.63, 3.8) is 0 Å². The minimum atomic E-state index is -2.71. The second-order valence-corrected chi connectivity index (χ2v) is 2.58. The number of hydrogen-bond donors (Lipinski definition) is 2. The Labute approximate surface area is 79.3 Å². The second kappa shape index (κ2) is 4.19. The first-order valence-corrected chi connectivity index (χ1v) is 3.82. The fourth-order valence-corrected chi connectivity index (χ4v) is 1.03. The summed E-state index contributed by atoms with van der Waals surface area (Å²) in [6, 6.07) is 1.03. The molecule has 4 nitrogen and oxygen atoms in total. The van der Waals surface area contributed by atoms with Crippen LogP contribution in [0, 0.1) is 0 Å². The minimum Gasteiger partial charge on any atom is -0.481 e. The number of nitrogens with zero attached hydrogens (tertiary/aromatic N) is 1. The molecule has 0 radical (unpaired) electrons. The molecule has 3 N–H and O–H groups in total. The average molecular weight is 204 g/mol. The number of methoxy groups -OCH3 is 1. The van der Waals surface area contributed by atoms with Crippen LogP contribution in [0.4, 0.5) is 14.5 Å². The topological polar surface area (TPSA) is 68.4 Å². The maximum atomic E-state index is 12.3. The van der Waals surface area contributed by atoms with Crippen LogP contribution in [0.25, 0.3) is 0 Å². The smallest absolute Gasteiger partial charge is 0.280 e. The number of ether oxygens (including phenoxy) is 1. The third-order valence-corrected chi connectivity index (χ3v) is 1.72. The van der Waals surface area contributed by atoms with Crippen molar-refractivity contribution in [2.45, 2.75) is 13.0 Å². The first-order chi connectivity index (χ1) is 6.60. The Morgan fingerprint density at radius 2 is 2.29 bits per heavy atom. The number of rotatable bonds is 3. The van der Waals surface area contributed by atoms with E-state index in [-0.39, 0.29) is 17.1 Å². The Morgan fingerprint density at radius 3 is 2.71 bits per heavy atom. The van der Waals surface area contributed by atoms with Gasteiger partial charge in [0.2, 0.25) is 5.88 Å². The summed E-state index contributed by atoms with van der Waals surface area (Å²) >= 11 is 0. The van der Waals surface area contributed by atoms with E-state index in [0.29, 0.717) is 0 Å². The maximum absolute atomic E-state index is 12.3. The van der Waals surface area contributed by atoms with E-state index < -0.39 is 18.7 Å². The van der Waals surface area contributed by atoms with Crippen molar-refractivity contribution in [2.75, 3.05) is 12.8 Å². The van der Waals surface area contributed by atoms with Gasteiger partial charge in [-0.15, -0.1) is 0 Å². The molecule has 0 aliphatic rings. The number of aliphatic hydroxyl groups is 1. The Morgan fingerprint density at radius 1 is 1.64 bits per heavy atom. The van der Waals surface area contributed by atoms with Gasteiger partial charge in [0.25, 0.3) is 6.43 Å². The number of nitrogens with two attached hydrogens (primary N) is 1. The minimum absolute atomic E-state index is 0.0506. The highest BCUT2D eigenvalue weighted by molar-refractivity contribution is 5.52. The molecule has 1 aromatic rings. The van der Waals surface area contributed by atoms with Crippen LogP contribution in [0.3, 0.4) is 0 Å². The molecule has 6 heteroatoms. The quantitative estimate of drug-likeness (QED) is 0.773. The largest absolute Gasteiger partial charge is 0.481 e. The van der Waals surface area contributed by atoms with Gasteiger partial charge in [0, 0.05) is 5.69 Å². The van der Waals surface area contributed by atoms with Crippen LogP contribution >= 0.6 is 0 Å². The van der Waals surface area contributed by atoms with Crippen molar-refractivity contribution < 1.29 is 18.6 Å². The van der Waals surface area contributed by atoms with Crippen LogP contribution in [0.1, 0.15) is 17.7 Å². The molecule has 78 valence electrons. The summed E-state index contributed by atoms with van der Waals surface area (Å²) in [5.74, 6) is -0.0669. The molecule has 0 saturated carbocycles. The fraction of sp³-hybridized carbons (Fsp3) is 0.375. The molecule has 1 rings (SSSR count). The molecule has 1 heterocycles. The van der Waals surface area contributed by atoms with E-state index in [4.69, 9.17) is 15.6 Å². The number of pyridine rings is 1. The number of anilines is 1. The Balaban J connectivity index is 3.24. The first-order valence-electron chi connectivity index (χ1n) is 3.82. The number of aliphatic hydroxyl groups excluding tert-OH is 1. The molecule has 0 unspecified atom stereocenters. The van der Waals surface area contributed by atoms with Crippen molar-refractivity contribution in [3.05, 3.63) is 17.3 Å². The summed E-state index contributed by atoms with van der Waals surface area (Å²) in [5, 5.41) is 8.87. The molecular formula is C8H10F2N2O2. The van der Waals surface area contributed by atoms with Crippen LogP contribution in [0.2, 0.25) is 0 Å². The standard InChI is InChI=1S/C8H10F2N2O2/c1-14-8-4(3-13)5(11)2-6(12-8)7(9)10/h2,7,13H,3H2,1H3,(H2,11,12). The number of halogens is 2. The van der Waals surface area contributed by atoms with Gasteiger partial charge >= 0.3 is 0 Å². The lowest BCUT2D eigenvalue weighted by Gasteiger charge is -2.10. The van der Waals surface area contributed by atoms with Gasteiger partial charge in [-0.2, -0.15) is 0 Å². The summed E-state index contributed by atoms with van der Waals surface area (Å²) in [6.07, 6.45) is -2.71. The summed E-state index contributed by atoms with van der Waals surface area (Å²) in [4.78, 5) is 3.51. The Kier molecular flexibility index (Phi) is 3.19. The third kappa shape index (κ3) is 1.90. The van der Waals surface area contributed by atoms with E-state index in [1.807, 2.05) is 0 Å². The summed E-state index contributed by atoms with van der Waals surface area (Å²) in [6.45, 7) is -0.397. The van der Waals surface area contributed by atoms with Crippen LogP contribution in [0.15, 0.2) is 6.07 Å². The lowest BCUT2D eigenvalue weighted by atomic mass is 10.2. The monoisotopic (exact) mass is 204 g/mol. The van der Waals surface area contributed by atoms with Gasteiger partial charge in [0.15, 0.2) is 0 Å². The zero-order valence-corrected chi connectivity index (χ0v) is 7.50. The van der Waals surface area contributed by atoms with Crippen molar-refractivity contribution in [1.29, 1.82) is 0 Å². The van der Waals surface area contributed by atoms with Crippen LogP contribution < -0.4 is 10.5 Å². The second-order valence-electron chi connectivity index (χ2n) is 2.58. The highest BCUT2D eigenvalue weighted by Crippen LogP contribution is 2.27. The van der Waals surface area contributed by atoms with E-state index in [0.717, 1.165) is 6.07 Å². The molecule has 0 aromatic carbocycles. The number of nitrogen functional groups attached to an aromatic ring is 1. The molecule has 0 saturated heterocycles. The predicted octanol–water partition coefficient (Wildman–Crippen LogP) is 1.10. The van der Waals surface area contributed by atoms with Crippen LogP contribution in [0.5, 0.6) is 5.88 Å². The molecule has 14 heavy (non-hydrogen) atoms. The predicted molar refractivity (Wildman–Crippen MR) is 46.1 cm³/mol. The zero-order chi connectivity index (χ0) is 10.7. The van der Waals surface area contributed by atoms with E-state index in [1.54, 1.807) is 0 Å². The molecule has 0 atom stereocenters. The van der Waals surface area contributed by atoms with E-state index in [2.05, 4.69) is 4.98 Å². The van der Waals surface area contributed by atoms with Crippen LogP contribution in [-0.4, -0.2) is 17.2 Å². The molecule has 0 aliphatic heterocycles. The van der Waals surface area contributed by atoms with E-state index in [9.17, 15) is 8.78 Å². The van der Waals surface area contributed by atoms with E-state index >= 15 is 0 Å². The highest BCUT2D eigenvalue weighted by Gasteiger charge is 2.15. The van der Waals surface area contributed by atoms with Crippen molar-refractivity contribution in [2.24, 2.45) is 0 Å². The van der Waals surface area contributed by atoms with Gasteiger partial charge in [-0.1, -0.05) is 0 Å². The van der Waals surface area contributed by atoms with Gasteiger partial charge in [0.1, 0.15) is 5.69 Å². The lowest BCUT2D eigenvalue weighted by Crippen LogP contribution is -2.04. The van der Waals surface area contributed by atoms with E-state index in [1.165, 1.54) is 7.11 Å². The SMILES string of the molecule is COc1nc(C(F)F)cc(N)c1CO. The summed E-state index contributed by atoms with van der Waals surface area (Å²) < 4.78 is 29.2. The molecule has 0 spiro atoms. The van der Waals surface area contributed by atoms with Gasteiger partial charge in [-0.05, 0) is 6.07 Å². The van der Waals surface area contributed by atoms with Gasteiger partial charge in [-0.3, -0.25) is 0 Å². The lowest BCUT2D eigenvalue weighted by molar-refractivity contribution is 0.144. The molecular weight excluding hydrogens is 194 g/mol. The zero-order valence-electron chi connectivity index (χ0n) is 7.50. The molecule has 0 fully saturated rings. The van der Waals surface area contributed by atoms with Gasteiger partial charge in [-0.25, -0.2) is 13.8 Å². The van der Waals surface area contributed by atoms with Gasteiger partial charge < -0.3 is 15.6 Å². The number of aromatic nitrogens is 1. The third-order valence-electron chi connectivity index (χ3n) is 1.72. The molecule has 0 aliphatic carbocycles. The van der Waals surface area contributed by atoms with Gasteiger partial charge in [0.05, 0.1) is 19.3 Å². The Bertz CT molecular complexity index is 331. The molecule has 1 aromatic heterocycles. The number of hydrogen-bond acceptors (Lipinski definition) is 4. The first kappa shape index (κ1) is 10.6. The fourth-order valence-electron chi connectivity index (χ4n) is 1.03. The van der Waals surface area contributed by atoms with Crippen LogP contribution in [-0.2, 0) is 6.61 Å². The molecule has 0 amide bonds. The number of alkyl halides is 2. The normalized spacial score (nSPS) is 10.6. The summed E-state index contributed by atoms with van der Waals surface area (Å²) in [5.41, 5.74) is 5.24. The van der Waals surface area contributed by atoms with Crippen molar-refractivity contribution in [3.8, 4) is 5.88 Å². The highest BCUT2D eigenvalue weighted by atomic mass is 19.3. The molecule has 0 bridgehead atoms.